The molecule has 7 nitrogen and oxygen atoms in total. The maximum atomic E-state index is 12.8. The molecule has 3 aromatic heterocycles. The molecule has 1 saturated carbocycles. The molecule has 0 spiro atoms. The van der Waals surface area contributed by atoms with Crippen LogP contribution in [0.3, 0.4) is 0 Å². The first-order chi connectivity index (χ1) is 14.9. The van der Waals surface area contributed by atoms with Gasteiger partial charge >= 0.3 is 0 Å². The number of aromatic nitrogens is 4. The molecule has 1 aliphatic carbocycles. The van der Waals surface area contributed by atoms with Crippen molar-refractivity contribution in [3.8, 4) is 11.4 Å². The van der Waals surface area contributed by atoms with Crippen LogP contribution in [0.15, 0.2) is 36.7 Å². The van der Waals surface area contributed by atoms with Crippen LogP contribution >= 0.6 is 0 Å². The van der Waals surface area contributed by atoms with Crippen molar-refractivity contribution in [1.29, 1.82) is 0 Å². The first kappa shape index (κ1) is 21.2. The van der Waals surface area contributed by atoms with Gasteiger partial charge in [0.25, 0.3) is 5.91 Å². The van der Waals surface area contributed by atoms with E-state index < -0.39 is 6.10 Å². The number of pyridine rings is 2. The van der Waals surface area contributed by atoms with Gasteiger partial charge in [0, 0.05) is 25.1 Å². The van der Waals surface area contributed by atoms with Crippen LogP contribution in [0.1, 0.15) is 58.6 Å². The third-order valence-electron chi connectivity index (χ3n) is 6.10. The van der Waals surface area contributed by atoms with Gasteiger partial charge < -0.3 is 10.4 Å². The van der Waals surface area contributed by atoms with E-state index in [1.54, 1.807) is 4.68 Å². The number of nitrogens with zero attached hydrogens (tertiary/aromatic N) is 4. The fourth-order valence-electron chi connectivity index (χ4n) is 4.08. The fourth-order valence-corrected chi connectivity index (χ4v) is 4.08. The van der Waals surface area contributed by atoms with Gasteiger partial charge in [0.15, 0.2) is 0 Å². The largest absolute Gasteiger partial charge is 0.391 e. The zero-order chi connectivity index (χ0) is 22.0. The van der Waals surface area contributed by atoms with Gasteiger partial charge in [0.2, 0.25) is 0 Å². The summed E-state index contributed by atoms with van der Waals surface area (Å²) in [6, 6.07) is 7.62. The minimum Gasteiger partial charge on any atom is -0.391 e. The van der Waals surface area contributed by atoms with Crippen molar-refractivity contribution in [1.82, 2.24) is 25.1 Å². The first-order valence-electron chi connectivity index (χ1n) is 10.8. The maximum Gasteiger partial charge on any atom is 0.270 e. The number of amides is 1. The van der Waals surface area contributed by atoms with Crippen LogP contribution in [0.25, 0.3) is 11.4 Å². The molecule has 1 fully saturated rings. The summed E-state index contributed by atoms with van der Waals surface area (Å²) in [5.74, 6) is -0.223. The van der Waals surface area contributed by atoms with E-state index in [1.807, 2.05) is 57.6 Å². The molecule has 3 aromatic rings. The Bertz CT molecular complexity index is 1070. The van der Waals surface area contributed by atoms with Gasteiger partial charge in [0.05, 0.1) is 17.8 Å². The van der Waals surface area contributed by atoms with Gasteiger partial charge in [-0.3, -0.25) is 14.5 Å². The second-order valence-electron chi connectivity index (χ2n) is 8.41. The summed E-state index contributed by atoms with van der Waals surface area (Å²) in [5, 5.41) is 17.5. The average Bonchev–Trinajstić information content (AvgIpc) is 3.19. The van der Waals surface area contributed by atoms with Gasteiger partial charge in [-0.2, -0.15) is 5.10 Å². The first-order valence-corrected chi connectivity index (χ1v) is 10.8. The summed E-state index contributed by atoms with van der Waals surface area (Å²) in [4.78, 5) is 21.9. The number of carbonyl (C=O) groups excluding carboxylic acids is 1. The Balaban J connectivity index is 1.51. The Morgan fingerprint density at radius 3 is 2.68 bits per heavy atom. The Hall–Kier alpha value is -3.06. The lowest BCUT2D eigenvalue weighted by molar-refractivity contribution is 0.0713. The number of nitrogens with one attached hydrogen (secondary N) is 1. The normalized spacial score (nSPS) is 18.7. The lowest BCUT2D eigenvalue weighted by atomic mass is 9.92. The Kier molecular flexibility index (Phi) is 6.13. The van der Waals surface area contributed by atoms with Crippen LogP contribution < -0.4 is 5.32 Å². The number of aliphatic hydroxyl groups excluding tert-OH is 1. The zero-order valence-electron chi connectivity index (χ0n) is 18.3. The van der Waals surface area contributed by atoms with Crippen molar-refractivity contribution >= 4 is 5.91 Å². The van der Waals surface area contributed by atoms with Gasteiger partial charge in [0.1, 0.15) is 11.4 Å². The highest BCUT2D eigenvalue weighted by Crippen LogP contribution is 2.21. The summed E-state index contributed by atoms with van der Waals surface area (Å²) in [5.41, 5.74) is 6.09. The smallest absolute Gasteiger partial charge is 0.270 e. The van der Waals surface area contributed by atoms with Crippen LogP contribution in [0.4, 0.5) is 0 Å². The third-order valence-corrected chi connectivity index (χ3v) is 6.10. The molecule has 0 unspecified atom stereocenters. The van der Waals surface area contributed by atoms with Crippen molar-refractivity contribution in [3.05, 3.63) is 64.7 Å². The van der Waals surface area contributed by atoms with Crippen molar-refractivity contribution in [2.75, 3.05) is 0 Å². The minimum atomic E-state index is -0.479. The predicted octanol–water partition coefficient (Wildman–Crippen LogP) is 3.12. The molecular formula is C24H29N5O2. The SMILES string of the molecule is Cc1nc(C(=O)N[C@H]2CCCC[C@@H]2O)cc(Cc2ccc(-c3ccn(C)n3)nc2)c1C. The van der Waals surface area contributed by atoms with E-state index in [-0.39, 0.29) is 11.9 Å². The Labute approximate surface area is 182 Å². The number of rotatable bonds is 5. The molecule has 0 aliphatic heterocycles. The molecule has 0 aromatic carbocycles. The fraction of sp³-hybridized carbons (Fsp3) is 0.417. The van der Waals surface area contributed by atoms with Gasteiger partial charge in [-0.1, -0.05) is 18.9 Å². The molecule has 7 heteroatoms. The van der Waals surface area contributed by atoms with E-state index >= 15 is 0 Å². The van der Waals surface area contributed by atoms with E-state index in [0.29, 0.717) is 12.1 Å². The molecule has 1 amide bonds. The summed E-state index contributed by atoms with van der Waals surface area (Å²) in [6.45, 7) is 3.95. The molecule has 1 aliphatic rings. The Morgan fingerprint density at radius 2 is 2.00 bits per heavy atom. The highest BCUT2D eigenvalue weighted by molar-refractivity contribution is 5.92. The lowest BCUT2D eigenvalue weighted by Crippen LogP contribution is -2.45. The van der Waals surface area contributed by atoms with Crippen molar-refractivity contribution < 1.29 is 9.90 Å². The average molecular weight is 420 g/mol. The van der Waals surface area contributed by atoms with E-state index in [0.717, 1.165) is 59.5 Å². The second-order valence-corrected chi connectivity index (χ2v) is 8.41. The molecule has 0 radical (unpaired) electrons. The van der Waals surface area contributed by atoms with Gasteiger partial charge in [-0.15, -0.1) is 0 Å². The van der Waals surface area contributed by atoms with Crippen LogP contribution in [-0.2, 0) is 13.5 Å². The van der Waals surface area contributed by atoms with Crippen LogP contribution in [0.2, 0.25) is 0 Å². The van der Waals surface area contributed by atoms with E-state index in [4.69, 9.17) is 0 Å². The number of hydrogen-bond acceptors (Lipinski definition) is 5. The van der Waals surface area contributed by atoms with Crippen molar-refractivity contribution in [3.63, 3.8) is 0 Å². The van der Waals surface area contributed by atoms with E-state index in [1.165, 1.54) is 0 Å². The monoisotopic (exact) mass is 419 g/mol. The maximum absolute atomic E-state index is 12.8. The highest BCUT2D eigenvalue weighted by atomic mass is 16.3. The zero-order valence-corrected chi connectivity index (χ0v) is 18.3. The molecule has 0 bridgehead atoms. The third kappa shape index (κ3) is 4.82. The summed E-state index contributed by atoms with van der Waals surface area (Å²) >= 11 is 0. The molecule has 0 saturated heterocycles. The quantitative estimate of drug-likeness (QED) is 0.663. The molecule has 2 N–H and O–H groups in total. The number of aliphatic hydroxyl groups is 1. The van der Waals surface area contributed by atoms with Crippen LogP contribution in [0, 0.1) is 13.8 Å². The van der Waals surface area contributed by atoms with Crippen LogP contribution in [0.5, 0.6) is 0 Å². The second kappa shape index (κ2) is 8.98. The standard InChI is InChI=1S/C24H29N5O2/c1-15-16(2)26-22(24(31)27-21-6-4-5-7-23(21)30)13-18(15)12-17-8-9-19(25-14-17)20-10-11-29(3)28-20/h8-11,13-14,21,23,30H,4-7,12H2,1-3H3,(H,27,31)/t21-,23-/m0/s1. The number of hydrogen-bond donors (Lipinski definition) is 2. The molecule has 162 valence electrons. The highest BCUT2D eigenvalue weighted by Gasteiger charge is 2.25. The molecule has 4 rings (SSSR count). The molecule has 31 heavy (non-hydrogen) atoms. The van der Waals surface area contributed by atoms with Crippen molar-refractivity contribution in [2.24, 2.45) is 7.05 Å². The minimum absolute atomic E-state index is 0.198. The summed E-state index contributed by atoms with van der Waals surface area (Å²) in [7, 11) is 1.88. The topological polar surface area (TPSA) is 92.9 Å². The Morgan fingerprint density at radius 1 is 1.19 bits per heavy atom. The lowest BCUT2D eigenvalue weighted by Gasteiger charge is -2.28. The van der Waals surface area contributed by atoms with E-state index in [9.17, 15) is 9.90 Å². The van der Waals surface area contributed by atoms with Crippen molar-refractivity contribution in [2.45, 2.75) is 58.1 Å². The number of carbonyl (C=O) groups is 1. The summed E-state index contributed by atoms with van der Waals surface area (Å²) in [6.07, 6.45) is 7.51. The molecular weight excluding hydrogens is 390 g/mol. The predicted molar refractivity (Wildman–Crippen MR) is 119 cm³/mol. The molecule has 3 heterocycles. The summed E-state index contributed by atoms with van der Waals surface area (Å²) < 4.78 is 1.76. The van der Waals surface area contributed by atoms with Gasteiger partial charge in [-0.25, -0.2) is 4.98 Å². The van der Waals surface area contributed by atoms with Gasteiger partial charge in [-0.05, 0) is 68.0 Å². The molecule has 2 atom stereocenters. The number of aryl methyl sites for hydroxylation is 2. The van der Waals surface area contributed by atoms with Crippen LogP contribution in [-0.4, -0.2) is 42.9 Å². The van der Waals surface area contributed by atoms with E-state index in [2.05, 4.69) is 20.4 Å².